The number of nitrogens with zero attached hydrogens (tertiary/aromatic N) is 1. The lowest BCUT2D eigenvalue weighted by atomic mass is 10.0. The number of ether oxygens (including phenoxy) is 2. The Morgan fingerprint density at radius 2 is 0.713 bits per heavy atom. The molecule has 0 heterocycles. The lowest BCUT2D eigenvalue weighted by Crippen LogP contribution is -2.37. The molecule has 464 valence electrons. The lowest BCUT2D eigenvalue weighted by molar-refractivity contribution is -0.870. The van der Waals surface area contributed by atoms with Crippen molar-refractivity contribution in [2.75, 3.05) is 47.5 Å². The summed E-state index contributed by atoms with van der Waals surface area (Å²) in [6.07, 6.45) is 82.5. The highest BCUT2D eigenvalue weighted by Crippen LogP contribution is 2.38. The van der Waals surface area contributed by atoms with Gasteiger partial charge >= 0.3 is 11.9 Å². The van der Waals surface area contributed by atoms with Gasteiger partial charge in [0.05, 0.1) is 27.7 Å². The van der Waals surface area contributed by atoms with Crippen molar-refractivity contribution >= 4 is 19.8 Å². The second-order valence-electron chi connectivity index (χ2n) is 23.5. The summed E-state index contributed by atoms with van der Waals surface area (Å²) in [6.45, 7) is 4.10. The van der Waals surface area contributed by atoms with E-state index in [0.29, 0.717) is 17.4 Å². The van der Waals surface area contributed by atoms with Crippen molar-refractivity contribution < 1.29 is 42.1 Å². The molecule has 9 nitrogen and oxygen atoms in total. The number of rotatable bonds is 61. The number of phosphoric acid groups is 1. The maximum absolute atomic E-state index is 12.8. The molecule has 0 rings (SSSR count). The number of quaternary nitrogens is 1. The second-order valence-corrected chi connectivity index (χ2v) is 24.9. The van der Waals surface area contributed by atoms with Gasteiger partial charge in [-0.3, -0.25) is 14.2 Å². The molecule has 2 unspecified atom stereocenters. The van der Waals surface area contributed by atoms with Gasteiger partial charge in [0.15, 0.2) is 6.10 Å². The number of carbonyl (C=O) groups excluding carboxylic acids is 2. The number of allylic oxidation sites excluding steroid dienone is 14. The number of phosphoric ester groups is 1. The maximum Gasteiger partial charge on any atom is 0.306 e. The summed E-state index contributed by atoms with van der Waals surface area (Å²) >= 11 is 0. The summed E-state index contributed by atoms with van der Waals surface area (Å²) in [5.74, 6) is -0.878. The van der Waals surface area contributed by atoms with Gasteiger partial charge in [0.1, 0.15) is 19.8 Å². The van der Waals surface area contributed by atoms with Gasteiger partial charge in [0, 0.05) is 12.8 Å². The molecule has 0 aromatic carbocycles. The Morgan fingerprint density at radius 3 is 1.10 bits per heavy atom. The van der Waals surface area contributed by atoms with Crippen LogP contribution in [-0.4, -0.2) is 70.0 Å². The van der Waals surface area contributed by atoms with Crippen molar-refractivity contribution in [1.82, 2.24) is 0 Å². The van der Waals surface area contributed by atoms with Crippen LogP contribution < -0.4 is 4.89 Å². The van der Waals surface area contributed by atoms with E-state index in [1.807, 2.05) is 21.1 Å². The van der Waals surface area contributed by atoms with Crippen molar-refractivity contribution in [3.05, 3.63) is 85.1 Å². The van der Waals surface area contributed by atoms with Crippen LogP contribution in [0.4, 0.5) is 0 Å². The first-order valence-corrected chi connectivity index (χ1v) is 34.8. The molecule has 0 aromatic rings. The summed E-state index contributed by atoms with van der Waals surface area (Å²) in [6, 6.07) is 0. The number of hydrogen-bond donors (Lipinski definition) is 0. The monoisotopic (exact) mass is 1140 g/mol. The minimum Gasteiger partial charge on any atom is -0.756 e. The highest BCUT2D eigenvalue weighted by Gasteiger charge is 2.22. The van der Waals surface area contributed by atoms with Crippen LogP contribution in [-0.2, 0) is 32.7 Å². The Balaban J connectivity index is 4.04. The maximum atomic E-state index is 12.8. The lowest BCUT2D eigenvalue weighted by Gasteiger charge is -2.28. The number of hydrogen-bond acceptors (Lipinski definition) is 8. The van der Waals surface area contributed by atoms with E-state index in [4.69, 9.17) is 18.5 Å². The Bertz CT molecular complexity index is 1630. The van der Waals surface area contributed by atoms with Crippen molar-refractivity contribution in [3.63, 3.8) is 0 Å². The van der Waals surface area contributed by atoms with Gasteiger partial charge in [-0.05, 0) is 89.9 Å². The second kappa shape index (κ2) is 60.8. The molecule has 0 aliphatic carbocycles. The number of unbranched alkanes of at least 4 members (excludes halogenated alkanes) is 33. The van der Waals surface area contributed by atoms with E-state index >= 15 is 0 Å². The first-order valence-electron chi connectivity index (χ1n) is 33.3. The van der Waals surface area contributed by atoms with E-state index in [9.17, 15) is 19.0 Å². The van der Waals surface area contributed by atoms with Gasteiger partial charge in [0.2, 0.25) is 0 Å². The summed E-state index contributed by atoms with van der Waals surface area (Å²) < 4.78 is 34.2. The highest BCUT2D eigenvalue weighted by molar-refractivity contribution is 7.45. The van der Waals surface area contributed by atoms with Crippen LogP contribution in [0.1, 0.15) is 296 Å². The molecular weight excluding hydrogens is 1010 g/mol. The molecule has 0 aromatic heterocycles. The van der Waals surface area contributed by atoms with E-state index in [2.05, 4.69) is 98.9 Å². The molecule has 0 amide bonds. The zero-order valence-corrected chi connectivity index (χ0v) is 53.7. The third-order valence-electron chi connectivity index (χ3n) is 14.4. The smallest absolute Gasteiger partial charge is 0.306 e. The van der Waals surface area contributed by atoms with Crippen LogP contribution in [0.5, 0.6) is 0 Å². The predicted molar refractivity (Wildman–Crippen MR) is 342 cm³/mol. The normalized spacial score (nSPS) is 13.7. The van der Waals surface area contributed by atoms with Crippen LogP contribution >= 0.6 is 7.82 Å². The molecular formula is C70H126NO8P. The van der Waals surface area contributed by atoms with Gasteiger partial charge in [0.25, 0.3) is 7.82 Å². The molecule has 0 fully saturated rings. The van der Waals surface area contributed by atoms with Crippen molar-refractivity contribution in [2.45, 2.75) is 302 Å². The van der Waals surface area contributed by atoms with Crippen molar-refractivity contribution in [2.24, 2.45) is 0 Å². The zero-order chi connectivity index (χ0) is 58.4. The fraction of sp³-hybridized carbons (Fsp3) is 0.771. The zero-order valence-electron chi connectivity index (χ0n) is 52.8. The third kappa shape index (κ3) is 64.4. The SMILES string of the molecule is CC/C=C\C/C=C\C/C=C\C/C=C\C/C=C\C/C=C\CCCCC(=O)OC(COC(=O)CCCCCCCCCCCCCCCCCCCCCCCCC/C=C\CCCCCCCCCC)COP(=O)([O-])OCC[N+](C)(C)C. The molecule has 0 aliphatic heterocycles. The van der Waals surface area contributed by atoms with E-state index in [1.165, 1.54) is 193 Å². The fourth-order valence-electron chi connectivity index (χ4n) is 9.30. The van der Waals surface area contributed by atoms with Crippen molar-refractivity contribution in [3.8, 4) is 0 Å². The van der Waals surface area contributed by atoms with Gasteiger partial charge < -0.3 is 27.9 Å². The Hall–Kier alpha value is -2.81. The first-order chi connectivity index (χ1) is 39.0. The largest absolute Gasteiger partial charge is 0.756 e. The van der Waals surface area contributed by atoms with Crippen LogP contribution in [0.15, 0.2) is 85.1 Å². The van der Waals surface area contributed by atoms with Gasteiger partial charge in [-0.1, -0.05) is 279 Å². The summed E-state index contributed by atoms with van der Waals surface area (Å²) in [5.41, 5.74) is 0. The molecule has 0 saturated carbocycles. The first kappa shape index (κ1) is 77.2. The van der Waals surface area contributed by atoms with Crippen LogP contribution in [0.2, 0.25) is 0 Å². The number of likely N-dealkylation sites (N-methyl/N-ethyl adjacent to an activating group) is 1. The molecule has 2 atom stereocenters. The number of carbonyl (C=O) groups is 2. The van der Waals surface area contributed by atoms with Crippen molar-refractivity contribution in [1.29, 1.82) is 0 Å². The number of esters is 2. The average molecular weight is 1140 g/mol. The predicted octanol–water partition coefficient (Wildman–Crippen LogP) is 20.7. The Kier molecular flexibility index (Phi) is 58.6. The molecule has 0 N–H and O–H groups in total. The molecule has 0 spiro atoms. The molecule has 80 heavy (non-hydrogen) atoms. The fourth-order valence-corrected chi connectivity index (χ4v) is 10.0. The van der Waals surface area contributed by atoms with Crippen LogP contribution in [0, 0.1) is 0 Å². The third-order valence-corrected chi connectivity index (χ3v) is 15.4. The highest BCUT2D eigenvalue weighted by atomic mass is 31.2. The summed E-state index contributed by atoms with van der Waals surface area (Å²) in [7, 11) is 1.14. The van der Waals surface area contributed by atoms with E-state index in [1.54, 1.807) is 0 Å². The average Bonchev–Trinajstić information content (AvgIpc) is 3.42. The van der Waals surface area contributed by atoms with Gasteiger partial charge in [-0.25, -0.2) is 0 Å². The molecule has 0 bridgehead atoms. The molecule has 0 aliphatic rings. The van der Waals surface area contributed by atoms with Gasteiger partial charge in [-0.15, -0.1) is 0 Å². The molecule has 0 saturated heterocycles. The standard InChI is InChI=1S/C70H126NO8P/c1-6-8-10-12-14-16-18-20-22-24-26-28-29-30-31-32-33-34-35-36-37-38-39-40-41-43-44-46-48-50-52-54-56-58-60-62-69(72)76-66-68(67-78-80(74,75)77-65-64-71(3,4)5)79-70(73)63-61-59-57-55-53-51-49-47-45-42-27-25-23-21-19-17-15-13-11-9-7-2/h9,11,15,17,21,23-24,26-27,42,47,49,53,55,68H,6-8,10,12-14,16,18-20,22,25,28-41,43-46,48,50-52,54,56-67H2,1-5H3/b11-9-,17-15-,23-21-,26-24-,42-27-,49-47-,55-53-. The summed E-state index contributed by atoms with van der Waals surface area (Å²) in [5, 5.41) is 0. The topological polar surface area (TPSA) is 111 Å². The van der Waals surface area contributed by atoms with Gasteiger partial charge in [-0.2, -0.15) is 0 Å². The Morgan fingerprint density at radius 1 is 0.400 bits per heavy atom. The minimum absolute atomic E-state index is 0.0422. The summed E-state index contributed by atoms with van der Waals surface area (Å²) in [4.78, 5) is 37.9. The van der Waals surface area contributed by atoms with Crippen LogP contribution in [0.25, 0.3) is 0 Å². The van der Waals surface area contributed by atoms with Crippen LogP contribution in [0.3, 0.4) is 0 Å². The Labute approximate surface area is 494 Å². The quantitative estimate of drug-likeness (QED) is 0.0195. The van der Waals surface area contributed by atoms with E-state index < -0.39 is 32.5 Å². The van der Waals surface area contributed by atoms with E-state index in [-0.39, 0.29) is 26.1 Å². The minimum atomic E-state index is -4.65. The molecule has 10 heteroatoms. The molecule has 0 radical (unpaired) electrons. The van der Waals surface area contributed by atoms with E-state index in [0.717, 1.165) is 70.6 Å².